The second kappa shape index (κ2) is 5.20. The Morgan fingerprint density at radius 1 is 1.24 bits per heavy atom. The molecule has 0 aliphatic rings. The van der Waals surface area contributed by atoms with Gasteiger partial charge in [-0.05, 0) is 0 Å². The van der Waals surface area contributed by atoms with E-state index in [9.17, 15) is 8.78 Å². The molecule has 0 spiro atoms. The lowest BCUT2D eigenvalue weighted by Crippen LogP contribution is -2.07. The number of imidazole rings is 1. The van der Waals surface area contributed by atoms with Crippen LogP contribution in [0.1, 0.15) is 0 Å². The Morgan fingerprint density at radius 2 is 2.00 bits per heavy atom. The lowest BCUT2D eigenvalue weighted by molar-refractivity contribution is 0.0874. The molecule has 4 nitrogen and oxygen atoms in total. The highest BCUT2D eigenvalue weighted by molar-refractivity contribution is 5.75. The van der Waals surface area contributed by atoms with Crippen LogP contribution in [0.25, 0.3) is 11.0 Å². The van der Waals surface area contributed by atoms with Crippen LogP contribution in [0.15, 0.2) is 18.5 Å². The van der Waals surface area contributed by atoms with Crippen molar-refractivity contribution in [3.05, 3.63) is 30.1 Å². The van der Waals surface area contributed by atoms with E-state index < -0.39 is 11.6 Å². The molecule has 0 aliphatic heterocycles. The van der Waals surface area contributed by atoms with Crippen LogP contribution in [-0.2, 0) is 11.3 Å². The number of aliphatic hydroxyl groups excluding tert-OH is 1. The van der Waals surface area contributed by atoms with E-state index in [2.05, 4.69) is 4.98 Å². The van der Waals surface area contributed by atoms with Crippen LogP contribution in [0.3, 0.4) is 0 Å². The second-order valence-corrected chi connectivity index (χ2v) is 3.53. The highest BCUT2D eigenvalue weighted by Gasteiger charge is 2.08. The summed E-state index contributed by atoms with van der Waals surface area (Å²) in [6.45, 7) is 1.08. The summed E-state index contributed by atoms with van der Waals surface area (Å²) in [5.74, 6) is -1.80. The van der Waals surface area contributed by atoms with E-state index in [1.807, 2.05) is 0 Å². The zero-order chi connectivity index (χ0) is 12.3. The molecule has 0 bridgehead atoms. The summed E-state index contributed by atoms with van der Waals surface area (Å²) in [6.07, 6.45) is 1.51. The van der Waals surface area contributed by atoms with Crippen molar-refractivity contribution in [2.75, 3.05) is 19.8 Å². The lowest BCUT2D eigenvalue weighted by Gasteiger charge is -2.05. The predicted molar refractivity (Wildman–Crippen MR) is 57.6 cm³/mol. The van der Waals surface area contributed by atoms with E-state index in [-0.39, 0.29) is 13.2 Å². The van der Waals surface area contributed by atoms with E-state index in [0.717, 1.165) is 12.1 Å². The Kier molecular flexibility index (Phi) is 3.65. The molecule has 0 saturated carbocycles. The quantitative estimate of drug-likeness (QED) is 0.804. The van der Waals surface area contributed by atoms with Crippen LogP contribution in [0.4, 0.5) is 8.78 Å². The first kappa shape index (κ1) is 11.9. The van der Waals surface area contributed by atoms with Crippen molar-refractivity contribution >= 4 is 11.0 Å². The number of hydrogen-bond acceptors (Lipinski definition) is 3. The van der Waals surface area contributed by atoms with E-state index >= 15 is 0 Å². The summed E-state index contributed by atoms with van der Waals surface area (Å²) >= 11 is 0. The Bertz CT molecular complexity index is 513. The topological polar surface area (TPSA) is 47.3 Å². The van der Waals surface area contributed by atoms with Crippen molar-refractivity contribution < 1.29 is 18.6 Å². The van der Waals surface area contributed by atoms with Crippen LogP contribution in [0.5, 0.6) is 0 Å². The molecule has 0 fully saturated rings. The van der Waals surface area contributed by atoms with Gasteiger partial charge < -0.3 is 14.4 Å². The summed E-state index contributed by atoms with van der Waals surface area (Å²) in [4.78, 5) is 3.97. The number of aromatic nitrogens is 2. The molecule has 0 atom stereocenters. The molecule has 0 unspecified atom stereocenters. The Hall–Kier alpha value is -1.53. The average Bonchev–Trinajstić information content (AvgIpc) is 2.68. The number of aliphatic hydroxyl groups is 1. The molecule has 2 aromatic rings. The number of ether oxygens (including phenoxy) is 1. The van der Waals surface area contributed by atoms with Crippen LogP contribution < -0.4 is 0 Å². The Labute approximate surface area is 96.5 Å². The second-order valence-electron chi connectivity index (χ2n) is 3.53. The smallest absolute Gasteiger partial charge is 0.161 e. The zero-order valence-electron chi connectivity index (χ0n) is 9.07. The van der Waals surface area contributed by atoms with Crippen molar-refractivity contribution in [1.29, 1.82) is 0 Å². The highest BCUT2D eigenvalue weighted by atomic mass is 19.2. The van der Waals surface area contributed by atoms with E-state index in [1.165, 1.54) is 6.33 Å². The minimum Gasteiger partial charge on any atom is -0.394 e. The minimum absolute atomic E-state index is 0.0372. The number of halogens is 2. The third kappa shape index (κ3) is 2.59. The predicted octanol–water partition coefficient (Wildman–Crippen LogP) is 1.32. The van der Waals surface area contributed by atoms with Gasteiger partial charge in [0, 0.05) is 18.7 Å². The maximum absolute atomic E-state index is 13.1. The van der Waals surface area contributed by atoms with E-state index in [0.29, 0.717) is 24.2 Å². The summed E-state index contributed by atoms with van der Waals surface area (Å²) in [6, 6.07) is 2.18. The van der Waals surface area contributed by atoms with E-state index in [1.54, 1.807) is 4.57 Å². The minimum atomic E-state index is -0.903. The third-order valence-corrected chi connectivity index (χ3v) is 2.38. The van der Waals surface area contributed by atoms with Crippen LogP contribution in [0.2, 0.25) is 0 Å². The summed E-state index contributed by atoms with van der Waals surface area (Å²) < 4.78 is 32.8. The fraction of sp³-hybridized carbons (Fsp3) is 0.364. The SMILES string of the molecule is OCCOCCn1cnc2cc(F)c(F)cc21. The van der Waals surface area contributed by atoms with Gasteiger partial charge in [-0.25, -0.2) is 13.8 Å². The molecule has 2 rings (SSSR count). The van der Waals surface area contributed by atoms with Crippen molar-refractivity contribution in [3.8, 4) is 0 Å². The van der Waals surface area contributed by atoms with Gasteiger partial charge in [-0.1, -0.05) is 0 Å². The number of rotatable bonds is 5. The van der Waals surface area contributed by atoms with Crippen molar-refractivity contribution in [2.24, 2.45) is 0 Å². The number of hydrogen-bond donors (Lipinski definition) is 1. The number of fused-ring (bicyclic) bond motifs is 1. The molecular weight excluding hydrogens is 230 g/mol. The average molecular weight is 242 g/mol. The third-order valence-electron chi connectivity index (χ3n) is 2.38. The zero-order valence-corrected chi connectivity index (χ0v) is 9.07. The fourth-order valence-corrected chi connectivity index (χ4v) is 1.56. The first-order valence-electron chi connectivity index (χ1n) is 5.21. The Morgan fingerprint density at radius 3 is 2.76 bits per heavy atom. The molecular formula is C11H12F2N2O2. The van der Waals surface area contributed by atoms with Gasteiger partial charge in [0.25, 0.3) is 0 Å². The standard InChI is InChI=1S/C11H12F2N2O2/c12-8-5-10-11(6-9(8)13)15(7-14-10)1-3-17-4-2-16/h5-7,16H,1-4H2. The Balaban J connectivity index is 2.15. The van der Waals surface area contributed by atoms with Crippen molar-refractivity contribution in [2.45, 2.75) is 6.54 Å². The molecule has 1 aromatic carbocycles. The number of nitrogens with zero attached hydrogens (tertiary/aromatic N) is 2. The van der Waals surface area contributed by atoms with Crippen LogP contribution in [0, 0.1) is 11.6 Å². The van der Waals surface area contributed by atoms with Crippen LogP contribution in [-0.4, -0.2) is 34.5 Å². The van der Waals surface area contributed by atoms with Crippen molar-refractivity contribution in [3.63, 3.8) is 0 Å². The summed E-state index contributed by atoms with van der Waals surface area (Å²) in [7, 11) is 0. The monoisotopic (exact) mass is 242 g/mol. The molecule has 1 N–H and O–H groups in total. The molecule has 0 saturated heterocycles. The molecule has 0 amide bonds. The summed E-state index contributed by atoms with van der Waals surface area (Å²) in [5, 5.41) is 8.53. The lowest BCUT2D eigenvalue weighted by atomic mass is 10.3. The summed E-state index contributed by atoms with van der Waals surface area (Å²) in [5.41, 5.74) is 0.933. The van der Waals surface area contributed by atoms with Crippen LogP contribution >= 0.6 is 0 Å². The molecule has 6 heteroatoms. The van der Waals surface area contributed by atoms with Gasteiger partial charge in [0.2, 0.25) is 0 Å². The van der Waals surface area contributed by atoms with Gasteiger partial charge >= 0.3 is 0 Å². The fourth-order valence-electron chi connectivity index (χ4n) is 1.56. The molecule has 1 heterocycles. The van der Waals surface area contributed by atoms with Crippen molar-refractivity contribution in [1.82, 2.24) is 9.55 Å². The maximum Gasteiger partial charge on any atom is 0.161 e. The van der Waals surface area contributed by atoms with E-state index in [4.69, 9.17) is 9.84 Å². The molecule has 17 heavy (non-hydrogen) atoms. The van der Waals surface area contributed by atoms with Gasteiger partial charge in [-0.15, -0.1) is 0 Å². The largest absolute Gasteiger partial charge is 0.394 e. The first-order valence-corrected chi connectivity index (χ1v) is 5.21. The highest BCUT2D eigenvalue weighted by Crippen LogP contribution is 2.17. The van der Waals surface area contributed by atoms with Gasteiger partial charge in [0.1, 0.15) is 0 Å². The first-order chi connectivity index (χ1) is 8.22. The van der Waals surface area contributed by atoms with Gasteiger partial charge in [0.15, 0.2) is 11.6 Å². The maximum atomic E-state index is 13.1. The van der Waals surface area contributed by atoms with Gasteiger partial charge in [-0.2, -0.15) is 0 Å². The number of benzene rings is 1. The normalized spacial score (nSPS) is 11.2. The molecule has 1 aromatic heterocycles. The van der Waals surface area contributed by atoms with Gasteiger partial charge in [0.05, 0.1) is 37.2 Å². The molecule has 0 radical (unpaired) electrons. The van der Waals surface area contributed by atoms with Gasteiger partial charge in [-0.3, -0.25) is 0 Å². The molecule has 0 aliphatic carbocycles. The molecule has 92 valence electrons.